The Morgan fingerprint density at radius 3 is 3.14 bits per heavy atom. The minimum Gasteiger partial charge on any atom is -0.273 e. The van der Waals surface area contributed by atoms with Gasteiger partial charge in [0.15, 0.2) is 0 Å². The normalized spacial score (nSPS) is 20.4. The molecule has 116 valence electrons. The monoisotopic (exact) mass is 299 g/mol. The largest absolute Gasteiger partial charge is 0.273 e. The molecule has 0 aliphatic heterocycles. The maximum atomic E-state index is 11.9. The molecule has 0 saturated heterocycles. The third kappa shape index (κ3) is 3.32. The lowest BCUT2D eigenvalue weighted by atomic mass is 9.89. The molecule has 0 radical (unpaired) electrons. The van der Waals surface area contributed by atoms with Gasteiger partial charge < -0.3 is 0 Å². The molecular formula is C16H21N5O. The molecule has 1 aromatic heterocycles. The number of aryl methyl sites for hydroxylation is 1. The zero-order chi connectivity index (χ0) is 15.4. The number of fused-ring (bicyclic) bond motifs is 1. The summed E-state index contributed by atoms with van der Waals surface area (Å²) in [4.78, 5) is 11.9. The standard InChI is InChI=1S/C16H21N5O/c1-12-6-2-3-7-13(12)17-19-16(22)10-11-21-15-9-5-4-8-14(15)18-20-21/h4-5,8-9,12H,2-3,6-7,10-11H2,1H3,(H,19,22)/b17-13-/t12-/m0/s1. The number of amides is 1. The van der Waals surface area contributed by atoms with Crippen LogP contribution in [0.5, 0.6) is 0 Å². The number of rotatable bonds is 4. The number of hydrogen-bond acceptors (Lipinski definition) is 4. The van der Waals surface area contributed by atoms with Gasteiger partial charge in [0, 0.05) is 12.1 Å². The molecule has 1 fully saturated rings. The van der Waals surface area contributed by atoms with Gasteiger partial charge in [0.05, 0.1) is 12.1 Å². The number of hydrazone groups is 1. The third-order valence-electron chi connectivity index (χ3n) is 4.18. The van der Waals surface area contributed by atoms with Crippen LogP contribution in [0.2, 0.25) is 0 Å². The molecule has 0 spiro atoms. The molecule has 1 aromatic carbocycles. The van der Waals surface area contributed by atoms with Crippen LogP contribution in [0.4, 0.5) is 0 Å². The van der Waals surface area contributed by atoms with Gasteiger partial charge in [0.2, 0.25) is 5.91 Å². The van der Waals surface area contributed by atoms with E-state index in [-0.39, 0.29) is 5.91 Å². The lowest BCUT2D eigenvalue weighted by molar-refractivity contribution is -0.121. The molecular weight excluding hydrogens is 278 g/mol. The zero-order valence-corrected chi connectivity index (χ0v) is 12.8. The van der Waals surface area contributed by atoms with E-state index in [0.29, 0.717) is 18.9 Å². The minimum absolute atomic E-state index is 0.0788. The smallest absolute Gasteiger partial charge is 0.241 e. The van der Waals surface area contributed by atoms with E-state index >= 15 is 0 Å². The molecule has 1 aliphatic rings. The Hall–Kier alpha value is -2.24. The van der Waals surface area contributed by atoms with E-state index in [4.69, 9.17) is 0 Å². The Labute approximate surface area is 129 Å². The molecule has 0 unspecified atom stereocenters. The van der Waals surface area contributed by atoms with Gasteiger partial charge in [0.25, 0.3) is 0 Å². The summed E-state index contributed by atoms with van der Waals surface area (Å²) in [6.45, 7) is 2.68. The van der Waals surface area contributed by atoms with Crippen molar-refractivity contribution in [2.45, 2.75) is 45.6 Å². The van der Waals surface area contributed by atoms with Crippen LogP contribution in [0.3, 0.4) is 0 Å². The number of nitrogens with one attached hydrogen (secondary N) is 1. The summed E-state index contributed by atoms with van der Waals surface area (Å²) in [5.74, 6) is 0.401. The summed E-state index contributed by atoms with van der Waals surface area (Å²) >= 11 is 0. The summed E-state index contributed by atoms with van der Waals surface area (Å²) < 4.78 is 1.76. The average Bonchev–Trinajstić information content (AvgIpc) is 2.95. The quantitative estimate of drug-likeness (QED) is 0.882. The van der Waals surface area contributed by atoms with Crippen molar-refractivity contribution in [3.05, 3.63) is 24.3 Å². The Kier molecular flexibility index (Phi) is 4.46. The highest BCUT2D eigenvalue weighted by Gasteiger charge is 2.16. The summed E-state index contributed by atoms with van der Waals surface area (Å²) in [6.07, 6.45) is 4.94. The fraction of sp³-hybridized carbons (Fsp3) is 0.500. The molecule has 1 aliphatic carbocycles. The fourth-order valence-electron chi connectivity index (χ4n) is 2.82. The van der Waals surface area contributed by atoms with Crippen molar-refractivity contribution in [2.75, 3.05) is 0 Å². The van der Waals surface area contributed by atoms with Gasteiger partial charge in [0.1, 0.15) is 5.52 Å². The van der Waals surface area contributed by atoms with E-state index in [2.05, 4.69) is 27.8 Å². The Bertz CT molecular complexity index is 691. The molecule has 1 amide bonds. The van der Waals surface area contributed by atoms with Crippen LogP contribution in [0.25, 0.3) is 11.0 Å². The molecule has 1 heterocycles. The van der Waals surface area contributed by atoms with Crippen LogP contribution in [-0.2, 0) is 11.3 Å². The van der Waals surface area contributed by atoms with Gasteiger partial charge >= 0.3 is 0 Å². The molecule has 6 nitrogen and oxygen atoms in total. The van der Waals surface area contributed by atoms with Crippen molar-refractivity contribution in [3.63, 3.8) is 0 Å². The maximum absolute atomic E-state index is 11.9. The Morgan fingerprint density at radius 2 is 2.27 bits per heavy atom. The van der Waals surface area contributed by atoms with E-state index in [1.54, 1.807) is 4.68 Å². The first-order chi connectivity index (χ1) is 10.7. The van der Waals surface area contributed by atoms with Gasteiger partial charge in [-0.25, -0.2) is 10.1 Å². The topological polar surface area (TPSA) is 72.2 Å². The molecule has 3 rings (SSSR count). The van der Waals surface area contributed by atoms with Gasteiger partial charge in [-0.3, -0.25) is 4.79 Å². The van der Waals surface area contributed by atoms with Gasteiger partial charge in [-0.1, -0.05) is 30.7 Å². The van der Waals surface area contributed by atoms with E-state index in [1.165, 1.54) is 19.3 Å². The SMILES string of the molecule is C[C@H]1CCCC/C1=N/NC(=O)CCn1nnc2ccccc21. The van der Waals surface area contributed by atoms with Crippen LogP contribution >= 0.6 is 0 Å². The van der Waals surface area contributed by atoms with Crippen molar-refractivity contribution in [1.29, 1.82) is 0 Å². The molecule has 22 heavy (non-hydrogen) atoms. The van der Waals surface area contributed by atoms with Crippen molar-refractivity contribution in [1.82, 2.24) is 20.4 Å². The molecule has 1 saturated carbocycles. The fourth-order valence-corrected chi connectivity index (χ4v) is 2.82. The number of benzene rings is 1. The summed E-state index contributed by atoms with van der Waals surface area (Å²) in [7, 11) is 0. The Balaban J connectivity index is 1.55. The number of aromatic nitrogens is 3. The van der Waals surface area contributed by atoms with E-state index < -0.39 is 0 Å². The first-order valence-electron chi connectivity index (χ1n) is 7.87. The molecule has 1 N–H and O–H groups in total. The molecule has 6 heteroatoms. The molecule has 0 bridgehead atoms. The van der Waals surface area contributed by atoms with Crippen molar-refractivity contribution >= 4 is 22.7 Å². The van der Waals surface area contributed by atoms with E-state index in [0.717, 1.165) is 23.2 Å². The first kappa shape index (κ1) is 14.7. The number of para-hydroxylation sites is 1. The van der Waals surface area contributed by atoms with Crippen LogP contribution < -0.4 is 5.43 Å². The van der Waals surface area contributed by atoms with Gasteiger partial charge in [-0.15, -0.1) is 5.10 Å². The predicted molar refractivity (Wildman–Crippen MR) is 85.4 cm³/mol. The second kappa shape index (κ2) is 6.68. The third-order valence-corrected chi connectivity index (χ3v) is 4.18. The second-order valence-corrected chi connectivity index (χ2v) is 5.84. The van der Waals surface area contributed by atoms with Crippen molar-refractivity contribution in [2.24, 2.45) is 11.0 Å². The maximum Gasteiger partial charge on any atom is 0.241 e. The number of carbonyl (C=O) groups is 1. The van der Waals surface area contributed by atoms with Crippen LogP contribution in [0.1, 0.15) is 39.0 Å². The van der Waals surface area contributed by atoms with Crippen LogP contribution in [0.15, 0.2) is 29.4 Å². The number of carbonyl (C=O) groups excluding carboxylic acids is 1. The summed E-state index contributed by atoms with van der Waals surface area (Å²) in [5, 5.41) is 12.5. The van der Waals surface area contributed by atoms with Crippen LogP contribution in [0, 0.1) is 5.92 Å². The first-order valence-corrected chi connectivity index (χ1v) is 7.87. The Morgan fingerprint density at radius 1 is 1.41 bits per heavy atom. The van der Waals surface area contributed by atoms with E-state index in [9.17, 15) is 4.79 Å². The number of hydrogen-bond donors (Lipinski definition) is 1. The lowest BCUT2D eigenvalue weighted by Gasteiger charge is -2.19. The number of nitrogens with zero attached hydrogens (tertiary/aromatic N) is 4. The highest BCUT2D eigenvalue weighted by Crippen LogP contribution is 2.20. The summed E-state index contributed by atoms with van der Waals surface area (Å²) in [5.41, 5.74) is 5.59. The van der Waals surface area contributed by atoms with Gasteiger partial charge in [-0.2, -0.15) is 5.10 Å². The molecule has 2 aromatic rings. The van der Waals surface area contributed by atoms with E-state index in [1.807, 2.05) is 24.3 Å². The van der Waals surface area contributed by atoms with Gasteiger partial charge in [-0.05, 0) is 37.3 Å². The van der Waals surface area contributed by atoms with Crippen LogP contribution in [-0.4, -0.2) is 26.6 Å². The lowest BCUT2D eigenvalue weighted by Crippen LogP contribution is -2.25. The summed E-state index contributed by atoms with van der Waals surface area (Å²) in [6, 6.07) is 7.74. The predicted octanol–water partition coefficient (Wildman–Crippen LogP) is 2.50. The minimum atomic E-state index is -0.0788. The second-order valence-electron chi connectivity index (χ2n) is 5.84. The highest BCUT2D eigenvalue weighted by atomic mass is 16.2. The zero-order valence-electron chi connectivity index (χ0n) is 12.8. The average molecular weight is 299 g/mol. The highest BCUT2D eigenvalue weighted by molar-refractivity contribution is 5.88. The van der Waals surface area contributed by atoms with Crippen molar-refractivity contribution in [3.8, 4) is 0 Å². The van der Waals surface area contributed by atoms with Crippen molar-refractivity contribution < 1.29 is 4.79 Å². The molecule has 1 atom stereocenters.